The molecule has 0 saturated carbocycles. The molecule has 0 aliphatic carbocycles. The zero-order chi connectivity index (χ0) is 14.5. The van der Waals surface area contributed by atoms with E-state index in [9.17, 15) is 4.79 Å². The zero-order valence-electron chi connectivity index (χ0n) is 11.4. The summed E-state index contributed by atoms with van der Waals surface area (Å²) in [6.45, 7) is 4.17. The van der Waals surface area contributed by atoms with E-state index in [4.69, 9.17) is 5.73 Å². The van der Waals surface area contributed by atoms with E-state index in [2.05, 4.69) is 22.1 Å². The van der Waals surface area contributed by atoms with Crippen LogP contribution in [0.3, 0.4) is 0 Å². The van der Waals surface area contributed by atoms with Crippen molar-refractivity contribution < 1.29 is 4.79 Å². The second kappa shape index (κ2) is 6.33. The van der Waals surface area contributed by atoms with E-state index in [1.165, 1.54) is 11.3 Å². The maximum atomic E-state index is 12.2. The molecule has 0 spiro atoms. The molecule has 1 heterocycles. The topological polar surface area (TPSA) is 68.0 Å². The van der Waals surface area contributed by atoms with Gasteiger partial charge < -0.3 is 5.73 Å². The Morgan fingerprint density at radius 3 is 2.85 bits per heavy atom. The summed E-state index contributed by atoms with van der Waals surface area (Å²) in [4.78, 5) is 17.4. The summed E-state index contributed by atoms with van der Waals surface area (Å²) in [5, 5.41) is 3.39. The molecule has 20 heavy (non-hydrogen) atoms. The molecule has 5 heteroatoms. The van der Waals surface area contributed by atoms with Crippen molar-refractivity contribution in [2.75, 3.05) is 11.9 Å². The average Bonchev–Trinajstić information content (AvgIpc) is 2.81. The van der Waals surface area contributed by atoms with Crippen molar-refractivity contribution in [2.24, 2.45) is 5.73 Å². The van der Waals surface area contributed by atoms with E-state index in [0.717, 1.165) is 16.0 Å². The van der Waals surface area contributed by atoms with Crippen LogP contribution in [-0.2, 0) is 0 Å². The second-order valence-electron chi connectivity index (χ2n) is 4.32. The molecular weight excluding hydrogens is 270 g/mol. The van der Waals surface area contributed by atoms with Gasteiger partial charge in [0.2, 0.25) is 0 Å². The lowest BCUT2D eigenvalue weighted by Gasteiger charge is -2.04. The van der Waals surface area contributed by atoms with Crippen molar-refractivity contribution >= 4 is 22.4 Å². The normalized spacial score (nSPS) is 9.75. The van der Waals surface area contributed by atoms with Crippen LogP contribution >= 0.6 is 11.3 Å². The highest BCUT2D eigenvalue weighted by atomic mass is 32.1. The van der Waals surface area contributed by atoms with E-state index < -0.39 is 0 Å². The van der Waals surface area contributed by atoms with Gasteiger partial charge in [0, 0.05) is 22.2 Å². The highest BCUT2D eigenvalue weighted by molar-refractivity contribution is 7.15. The highest BCUT2D eigenvalue weighted by Gasteiger charge is 2.09. The summed E-state index contributed by atoms with van der Waals surface area (Å²) in [6, 6.07) is 5.50. The summed E-state index contributed by atoms with van der Waals surface area (Å²) >= 11 is 1.45. The third kappa shape index (κ3) is 3.67. The molecular formula is C15H15N3OS. The predicted octanol–water partition coefficient (Wildman–Crippen LogP) is 2.32. The lowest BCUT2D eigenvalue weighted by Crippen LogP contribution is -2.12. The van der Waals surface area contributed by atoms with Gasteiger partial charge in [-0.3, -0.25) is 10.1 Å². The summed E-state index contributed by atoms with van der Waals surface area (Å²) < 4.78 is 0. The Morgan fingerprint density at radius 2 is 2.20 bits per heavy atom. The molecule has 0 atom stereocenters. The SMILES string of the molecule is Cc1cc(C#CCN)cc(C(=O)Nc2ncc(C)s2)c1. The van der Waals surface area contributed by atoms with Crippen molar-refractivity contribution in [1.29, 1.82) is 0 Å². The minimum atomic E-state index is -0.182. The first-order valence-corrected chi connectivity index (χ1v) is 6.94. The van der Waals surface area contributed by atoms with Crippen LogP contribution in [0, 0.1) is 25.7 Å². The standard InChI is InChI=1S/C15H15N3OS/c1-10-6-12(4-3-5-16)8-13(7-10)14(19)18-15-17-9-11(2)20-15/h6-9H,5,16H2,1-2H3,(H,17,18,19). The molecule has 102 valence electrons. The lowest BCUT2D eigenvalue weighted by molar-refractivity contribution is 0.102. The molecule has 0 aliphatic heterocycles. The Kier molecular flexibility index (Phi) is 4.51. The van der Waals surface area contributed by atoms with Gasteiger partial charge in [-0.1, -0.05) is 11.8 Å². The molecule has 4 nitrogen and oxygen atoms in total. The summed E-state index contributed by atoms with van der Waals surface area (Å²) in [5.74, 6) is 5.55. The Hall–Kier alpha value is -2.16. The van der Waals surface area contributed by atoms with E-state index >= 15 is 0 Å². The van der Waals surface area contributed by atoms with Crippen LogP contribution < -0.4 is 11.1 Å². The number of nitrogens with one attached hydrogen (secondary N) is 1. The Morgan fingerprint density at radius 1 is 1.40 bits per heavy atom. The van der Waals surface area contributed by atoms with Gasteiger partial charge >= 0.3 is 0 Å². The number of carbonyl (C=O) groups is 1. The minimum absolute atomic E-state index is 0.182. The zero-order valence-corrected chi connectivity index (χ0v) is 12.2. The van der Waals surface area contributed by atoms with Crippen molar-refractivity contribution in [3.8, 4) is 11.8 Å². The fourth-order valence-electron chi connectivity index (χ4n) is 1.72. The maximum Gasteiger partial charge on any atom is 0.257 e. The minimum Gasteiger partial charge on any atom is -0.320 e. The number of benzene rings is 1. The number of hydrogen-bond acceptors (Lipinski definition) is 4. The maximum absolute atomic E-state index is 12.2. The summed E-state index contributed by atoms with van der Waals surface area (Å²) in [5.41, 5.74) is 7.69. The third-order valence-electron chi connectivity index (χ3n) is 2.52. The van der Waals surface area contributed by atoms with Gasteiger partial charge in [0.1, 0.15) is 0 Å². The predicted molar refractivity (Wildman–Crippen MR) is 81.9 cm³/mol. The number of aryl methyl sites for hydroxylation is 2. The number of amides is 1. The van der Waals surface area contributed by atoms with E-state index in [1.807, 2.05) is 26.0 Å². The van der Waals surface area contributed by atoms with Gasteiger partial charge in [-0.15, -0.1) is 11.3 Å². The lowest BCUT2D eigenvalue weighted by atomic mass is 10.1. The Bertz CT molecular complexity index is 695. The van der Waals surface area contributed by atoms with Crippen LogP contribution in [0.25, 0.3) is 0 Å². The number of anilines is 1. The van der Waals surface area contributed by atoms with Crippen molar-refractivity contribution in [3.63, 3.8) is 0 Å². The van der Waals surface area contributed by atoms with Crippen molar-refractivity contribution in [3.05, 3.63) is 46.0 Å². The number of aromatic nitrogens is 1. The molecule has 0 fully saturated rings. The van der Waals surface area contributed by atoms with Crippen LogP contribution in [0.4, 0.5) is 5.13 Å². The van der Waals surface area contributed by atoms with Crippen LogP contribution in [0.5, 0.6) is 0 Å². The molecule has 2 rings (SSSR count). The van der Waals surface area contributed by atoms with E-state index in [-0.39, 0.29) is 5.91 Å². The number of nitrogens with zero attached hydrogens (tertiary/aromatic N) is 1. The number of carbonyl (C=O) groups excluding carboxylic acids is 1. The number of thiazole rings is 1. The number of nitrogens with two attached hydrogens (primary N) is 1. The van der Waals surface area contributed by atoms with Crippen LogP contribution in [0.1, 0.15) is 26.4 Å². The smallest absolute Gasteiger partial charge is 0.257 e. The Balaban J connectivity index is 2.23. The first-order valence-electron chi connectivity index (χ1n) is 6.13. The molecule has 3 N–H and O–H groups in total. The molecule has 0 saturated heterocycles. The van der Waals surface area contributed by atoms with Gasteiger partial charge in [-0.2, -0.15) is 0 Å². The largest absolute Gasteiger partial charge is 0.320 e. The molecule has 0 bridgehead atoms. The van der Waals surface area contributed by atoms with Crippen LogP contribution in [0.15, 0.2) is 24.4 Å². The molecule has 1 aromatic carbocycles. The van der Waals surface area contributed by atoms with Crippen molar-refractivity contribution in [2.45, 2.75) is 13.8 Å². The second-order valence-corrected chi connectivity index (χ2v) is 5.56. The van der Waals surface area contributed by atoms with Gasteiger partial charge in [0.25, 0.3) is 5.91 Å². The molecule has 1 aromatic heterocycles. The van der Waals surface area contributed by atoms with E-state index in [1.54, 1.807) is 12.3 Å². The molecule has 0 aliphatic rings. The number of rotatable bonds is 2. The van der Waals surface area contributed by atoms with Gasteiger partial charge in [0.15, 0.2) is 5.13 Å². The van der Waals surface area contributed by atoms with Crippen LogP contribution in [0.2, 0.25) is 0 Å². The first-order chi connectivity index (χ1) is 9.58. The molecule has 2 aromatic rings. The van der Waals surface area contributed by atoms with Crippen molar-refractivity contribution in [1.82, 2.24) is 4.98 Å². The fraction of sp³-hybridized carbons (Fsp3) is 0.200. The first kappa shape index (κ1) is 14.3. The van der Waals surface area contributed by atoms with Crippen LogP contribution in [-0.4, -0.2) is 17.4 Å². The quantitative estimate of drug-likeness (QED) is 0.832. The monoisotopic (exact) mass is 285 g/mol. The highest BCUT2D eigenvalue weighted by Crippen LogP contribution is 2.18. The fourth-order valence-corrected chi connectivity index (χ4v) is 2.38. The van der Waals surface area contributed by atoms with Gasteiger partial charge in [-0.25, -0.2) is 4.98 Å². The molecule has 1 amide bonds. The number of hydrogen-bond donors (Lipinski definition) is 2. The van der Waals surface area contributed by atoms with E-state index in [0.29, 0.717) is 17.2 Å². The molecule has 0 radical (unpaired) electrons. The summed E-state index contributed by atoms with van der Waals surface area (Å²) in [7, 11) is 0. The Labute approximate surface area is 122 Å². The third-order valence-corrected chi connectivity index (χ3v) is 3.34. The average molecular weight is 285 g/mol. The molecule has 0 unspecified atom stereocenters. The van der Waals surface area contributed by atoms with Gasteiger partial charge in [0.05, 0.1) is 6.54 Å². The van der Waals surface area contributed by atoms with Gasteiger partial charge in [-0.05, 0) is 37.6 Å². The summed E-state index contributed by atoms with van der Waals surface area (Å²) in [6.07, 6.45) is 1.73.